The normalized spacial score (nSPS) is 19.8. The van der Waals surface area contributed by atoms with Crippen molar-refractivity contribution in [3.8, 4) is 5.75 Å². The van der Waals surface area contributed by atoms with E-state index in [0.29, 0.717) is 19.0 Å². The molecule has 1 aromatic rings. The zero-order chi connectivity index (χ0) is 11.5. The molecule has 0 saturated carbocycles. The van der Waals surface area contributed by atoms with Crippen LogP contribution in [0.5, 0.6) is 5.75 Å². The van der Waals surface area contributed by atoms with Crippen molar-refractivity contribution in [2.24, 2.45) is 0 Å². The third-order valence-corrected chi connectivity index (χ3v) is 2.44. The highest BCUT2D eigenvalue weighted by molar-refractivity contribution is 6.58. The van der Waals surface area contributed by atoms with E-state index in [2.05, 4.69) is 0 Å². The summed E-state index contributed by atoms with van der Waals surface area (Å²) < 4.78 is 23.9. The number of rotatable bonds is 3. The Hall–Kier alpha value is -1.11. The van der Waals surface area contributed by atoms with E-state index in [-0.39, 0.29) is 11.6 Å². The zero-order valence-electron chi connectivity index (χ0n) is 8.60. The van der Waals surface area contributed by atoms with Crippen LogP contribution >= 0.6 is 0 Å². The molecule has 1 fully saturated rings. The third kappa shape index (κ3) is 2.52. The molecule has 16 heavy (non-hydrogen) atoms. The summed E-state index contributed by atoms with van der Waals surface area (Å²) in [4.78, 5) is 0. The molecule has 1 aliphatic heterocycles. The van der Waals surface area contributed by atoms with Crippen LogP contribution in [-0.2, 0) is 4.74 Å². The predicted octanol–water partition coefficient (Wildman–Crippen LogP) is -0.327. The minimum Gasteiger partial charge on any atom is -0.488 e. The summed E-state index contributed by atoms with van der Waals surface area (Å²) in [5.41, 5.74) is -0.157. The Morgan fingerprint density at radius 1 is 1.44 bits per heavy atom. The maximum absolute atomic E-state index is 13.3. The first-order valence-electron chi connectivity index (χ1n) is 5.07. The summed E-state index contributed by atoms with van der Waals surface area (Å²) in [5.74, 6) is -0.316. The molecule has 0 bridgehead atoms. The van der Waals surface area contributed by atoms with Gasteiger partial charge in [-0.1, -0.05) is 6.07 Å². The predicted molar refractivity (Wildman–Crippen MR) is 56.1 cm³/mol. The summed E-state index contributed by atoms with van der Waals surface area (Å²) >= 11 is 0. The molecule has 1 heterocycles. The molecule has 1 aliphatic rings. The van der Waals surface area contributed by atoms with E-state index in [9.17, 15) is 4.39 Å². The molecular weight excluding hydrogens is 214 g/mol. The first-order chi connectivity index (χ1) is 7.66. The highest BCUT2D eigenvalue weighted by Gasteiger charge is 2.20. The van der Waals surface area contributed by atoms with Crippen molar-refractivity contribution in [2.45, 2.75) is 12.5 Å². The smallest absolute Gasteiger partial charge is 0.488 e. The van der Waals surface area contributed by atoms with E-state index in [1.165, 1.54) is 12.1 Å². The molecule has 4 nitrogen and oxygen atoms in total. The van der Waals surface area contributed by atoms with Gasteiger partial charge in [0.1, 0.15) is 17.7 Å². The van der Waals surface area contributed by atoms with Crippen LogP contribution in [0.3, 0.4) is 0 Å². The minimum absolute atomic E-state index is 0.0516. The van der Waals surface area contributed by atoms with E-state index in [4.69, 9.17) is 19.5 Å². The van der Waals surface area contributed by atoms with Crippen molar-refractivity contribution in [3.05, 3.63) is 24.0 Å². The Balaban J connectivity index is 2.08. The van der Waals surface area contributed by atoms with Gasteiger partial charge >= 0.3 is 7.12 Å². The maximum atomic E-state index is 13.3. The second kappa shape index (κ2) is 4.82. The van der Waals surface area contributed by atoms with Crippen molar-refractivity contribution in [3.63, 3.8) is 0 Å². The highest BCUT2D eigenvalue weighted by atomic mass is 19.1. The fraction of sp³-hybridized carbons (Fsp3) is 0.400. The van der Waals surface area contributed by atoms with Crippen molar-refractivity contribution in [1.29, 1.82) is 0 Å². The van der Waals surface area contributed by atoms with Crippen LogP contribution in [-0.4, -0.2) is 36.5 Å². The van der Waals surface area contributed by atoms with Gasteiger partial charge in [-0.25, -0.2) is 4.39 Å². The zero-order valence-corrected chi connectivity index (χ0v) is 8.60. The van der Waals surface area contributed by atoms with Gasteiger partial charge in [0.2, 0.25) is 0 Å². The molecule has 2 rings (SSSR count). The number of hydrogen-bond acceptors (Lipinski definition) is 4. The van der Waals surface area contributed by atoms with Crippen LogP contribution in [0, 0.1) is 5.82 Å². The molecule has 0 spiro atoms. The summed E-state index contributed by atoms with van der Waals surface area (Å²) in [6.45, 7) is 1.16. The molecule has 1 unspecified atom stereocenters. The molecule has 2 N–H and O–H groups in total. The monoisotopic (exact) mass is 226 g/mol. The van der Waals surface area contributed by atoms with Gasteiger partial charge in [0.05, 0.1) is 13.2 Å². The fourth-order valence-electron chi connectivity index (χ4n) is 1.59. The average Bonchev–Trinajstić information content (AvgIpc) is 2.70. The van der Waals surface area contributed by atoms with Crippen molar-refractivity contribution < 1.29 is 23.9 Å². The summed E-state index contributed by atoms with van der Waals surface area (Å²) in [5, 5.41) is 17.7. The fourth-order valence-corrected chi connectivity index (χ4v) is 1.59. The molecule has 1 saturated heterocycles. The van der Waals surface area contributed by atoms with Crippen molar-refractivity contribution in [2.75, 3.05) is 13.2 Å². The summed E-state index contributed by atoms with van der Waals surface area (Å²) in [6, 6.07) is 3.95. The second-order valence-corrected chi connectivity index (χ2v) is 3.66. The lowest BCUT2D eigenvalue weighted by Crippen LogP contribution is -2.32. The molecule has 0 aliphatic carbocycles. The van der Waals surface area contributed by atoms with Crippen molar-refractivity contribution >= 4 is 12.6 Å². The van der Waals surface area contributed by atoms with Gasteiger partial charge in [0.15, 0.2) is 0 Å². The van der Waals surface area contributed by atoms with E-state index in [1.807, 2.05) is 0 Å². The minimum atomic E-state index is -1.80. The number of benzene rings is 1. The highest BCUT2D eigenvalue weighted by Crippen LogP contribution is 2.17. The topological polar surface area (TPSA) is 58.9 Å². The molecule has 6 heteroatoms. The molecular formula is C10H12BFO4. The number of halogens is 1. The lowest BCUT2D eigenvalue weighted by Gasteiger charge is -2.12. The van der Waals surface area contributed by atoms with Gasteiger partial charge in [-0.3, -0.25) is 0 Å². The SMILES string of the molecule is OB(O)c1ccc(OC2CCOC2)cc1F. The lowest BCUT2D eigenvalue weighted by atomic mass is 9.80. The van der Waals surface area contributed by atoms with Crippen LogP contribution in [0.4, 0.5) is 4.39 Å². The Morgan fingerprint density at radius 3 is 2.81 bits per heavy atom. The number of hydrogen-bond donors (Lipinski definition) is 2. The van der Waals surface area contributed by atoms with Gasteiger partial charge in [-0.2, -0.15) is 0 Å². The van der Waals surface area contributed by atoms with Crippen LogP contribution < -0.4 is 10.2 Å². The lowest BCUT2D eigenvalue weighted by molar-refractivity contribution is 0.141. The molecule has 1 atom stereocenters. The van der Waals surface area contributed by atoms with E-state index in [0.717, 1.165) is 12.5 Å². The van der Waals surface area contributed by atoms with Gasteiger partial charge in [0, 0.05) is 17.9 Å². The third-order valence-electron chi connectivity index (χ3n) is 2.44. The summed E-state index contributed by atoms with van der Waals surface area (Å²) in [7, 11) is -1.80. The van der Waals surface area contributed by atoms with Crippen LogP contribution in [0.25, 0.3) is 0 Å². The van der Waals surface area contributed by atoms with E-state index < -0.39 is 12.9 Å². The molecule has 0 amide bonds. The van der Waals surface area contributed by atoms with Crippen LogP contribution in [0.1, 0.15) is 6.42 Å². The number of ether oxygens (including phenoxy) is 2. The van der Waals surface area contributed by atoms with Crippen LogP contribution in [0.2, 0.25) is 0 Å². The Bertz CT molecular complexity index is 366. The Kier molecular flexibility index (Phi) is 3.43. The standard InChI is InChI=1S/C10H12BFO4/c12-10-5-7(1-2-9(10)11(13)14)16-8-3-4-15-6-8/h1-2,5,8,13-14H,3-4,6H2. The average molecular weight is 226 g/mol. The summed E-state index contributed by atoms with van der Waals surface area (Å²) in [6.07, 6.45) is 0.732. The quantitative estimate of drug-likeness (QED) is 0.693. The molecule has 0 radical (unpaired) electrons. The van der Waals surface area contributed by atoms with Gasteiger partial charge in [-0.05, 0) is 6.07 Å². The maximum Gasteiger partial charge on any atom is 0.491 e. The van der Waals surface area contributed by atoms with Gasteiger partial charge in [-0.15, -0.1) is 0 Å². The first-order valence-corrected chi connectivity index (χ1v) is 5.07. The molecule has 1 aromatic carbocycles. The van der Waals surface area contributed by atoms with E-state index in [1.54, 1.807) is 0 Å². The first kappa shape index (κ1) is 11.4. The van der Waals surface area contributed by atoms with Gasteiger partial charge < -0.3 is 19.5 Å². The van der Waals surface area contributed by atoms with E-state index >= 15 is 0 Å². The second-order valence-electron chi connectivity index (χ2n) is 3.66. The Labute approximate surface area is 92.8 Å². The Morgan fingerprint density at radius 2 is 2.25 bits per heavy atom. The molecule has 86 valence electrons. The van der Waals surface area contributed by atoms with Crippen LogP contribution in [0.15, 0.2) is 18.2 Å². The molecule has 0 aromatic heterocycles. The largest absolute Gasteiger partial charge is 0.491 e. The van der Waals surface area contributed by atoms with Gasteiger partial charge in [0.25, 0.3) is 0 Å². The van der Waals surface area contributed by atoms with Crippen molar-refractivity contribution in [1.82, 2.24) is 0 Å².